The smallest absolute Gasteiger partial charge is 0.227 e. The fourth-order valence-electron chi connectivity index (χ4n) is 4.24. The van der Waals surface area contributed by atoms with Crippen molar-refractivity contribution in [1.82, 2.24) is 14.9 Å². The molecule has 178 valence electrons. The van der Waals surface area contributed by atoms with Crippen LogP contribution in [0.5, 0.6) is 5.75 Å². The Morgan fingerprint density at radius 2 is 1.94 bits per heavy atom. The zero-order valence-corrected chi connectivity index (χ0v) is 19.9. The molecule has 4 rings (SSSR count). The molecular formula is C25H35N5O3. The van der Waals surface area contributed by atoms with E-state index in [1.165, 1.54) is 0 Å². The Balaban J connectivity index is 1.31. The number of rotatable bonds is 8. The summed E-state index contributed by atoms with van der Waals surface area (Å²) >= 11 is 0. The summed E-state index contributed by atoms with van der Waals surface area (Å²) in [6, 6.07) is 10.2. The largest absolute Gasteiger partial charge is 0.489 e. The van der Waals surface area contributed by atoms with E-state index in [0.29, 0.717) is 6.42 Å². The monoisotopic (exact) mass is 453 g/mol. The third-order valence-corrected chi connectivity index (χ3v) is 6.52. The van der Waals surface area contributed by atoms with E-state index in [4.69, 9.17) is 14.5 Å². The van der Waals surface area contributed by atoms with Crippen LogP contribution in [-0.2, 0) is 9.53 Å². The number of aromatic nitrogens is 2. The predicted octanol–water partition coefficient (Wildman–Crippen LogP) is 2.94. The number of benzene rings is 1. The van der Waals surface area contributed by atoms with Gasteiger partial charge in [0.25, 0.3) is 0 Å². The molecule has 0 radical (unpaired) electrons. The first-order valence-electron chi connectivity index (χ1n) is 11.9. The summed E-state index contributed by atoms with van der Waals surface area (Å²) in [5.41, 5.74) is 1.16. The van der Waals surface area contributed by atoms with Crippen molar-refractivity contribution in [3.63, 3.8) is 0 Å². The van der Waals surface area contributed by atoms with Gasteiger partial charge in [-0.05, 0) is 36.6 Å². The summed E-state index contributed by atoms with van der Waals surface area (Å²) in [4.78, 5) is 27.6. The third-order valence-electron chi connectivity index (χ3n) is 6.52. The lowest BCUT2D eigenvalue weighted by Gasteiger charge is -2.27. The molecule has 1 unspecified atom stereocenters. The molecular weight excluding hydrogens is 418 g/mol. The molecule has 1 aromatic heterocycles. The van der Waals surface area contributed by atoms with Crippen LogP contribution in [0.25, 0.3) is 0 Å². The second-order valence-corrected chi connectivity index (χ2v) is 8.87. The van der Waals surface area contributed by atoms with E-state index in [2.05, 4.69) is 33.8 Å². The fraction of sp³-hybridized carbons (Fsp3) is 0.560. The zero-order chi connectivity index (χ0) is 23.2. The maximum atomic E-state index is 12.2. The highest BCUT2D eigenvalue weighted by atomic mass is 16.5. The van der Waals surface area contributed by atoms with Crippen LogP contribution in [-0.4, -0.2) is 79.9 Å². The van der Waals surface area contributed by atoms with Gasteiger partial charge in [-0.3, -0.25) is 4.79 Å². The maximum Gasteiger partial charge on any atom is 0.227 e. The molecule has 8 heteroatoms. The van der Waals surface area contributed by atoms with Gasteiger partial charge in [0.15, 0.2) is 0 Å². The lowest BCUT2D eigenvalue weighted by atomic mass is 9.97. The molecule has 1 aromatic carbocycles. The first-order valence-corrected chi connectivity index (χ1v) is 11.9. The molecule has 2 saturated heterocycles. The van der Waals surface area contributed by atoms with Gasteiger partial charge in [-0.25, -0.2) is 4.98 Å². The van der Waals surface area contributed by atoms with Crippen molar-refractivity contribution in [3.8, 4) is 5.75 Å². The van der Waals surface area contributed by atoms with E-state index in [9.17, 15) is 4.79 Å². The molecule has 0 spiro atoms. The molecule has 2 aliphatic rings. The summed E-state index contributed by atoms with van der Waals surface area (Å²) in [6.07, 6.45) is 3.43. The summed E-state index contributed by atoms with van der Waals surface area (Å²) in [6.45, 7) is 9.63. The van der Waals surface area contributed by atoms with Gasteiger partial charge in [-0.15, -0.1) is 0 Å². The van der Waals surface area contributed by atoms with Crippen LogP contribution in [0.1, 0.15) is 38.2 Å². The normalized spacial score (nSPS) is 19.4. The summed E-state index contributed by atoms with van der Waals surface area (Å²) in [5, 5.41) is 0. The molecule has 2 atom stereocenters. The standard InChI is InChI=1S/C25H35N5O3/c1-4-28(3)24(31)17-19(2)20-5-7-21(8-6-20)33-22-10-12-30(18-22)23-9-11-26-25(27-23)29-13-15-32-16-14-29/h5-9,11,19,22H,4,10,12-18H2,1-3H3/t19-,22?/m1/s1. The highest BCUT2D eigenvalue weighted by molar-refractivity contribution is 5.76. The van der Waals surface area contributed by atoms with Gasteiger partial charge >= 0.3 is 0 Å². The number of anilines is 2. The Morgan fingerprint density at radius 3 is 2.67 bits per heavy atom. The van der Waals surface area contributed by atoms with E-state index < -0.39 is 0 Å². The number of ether oxygens (including phenoxy) is 2. The number of amides is 1. The fourth-order valence-corrected chi connectivity index (χ4v) is 4.24. The molecule has 2 fully saturated rings. The highest BCUT2D eigenvalue weighted by Crippen LogP contribution is 2.26. The van der Waals surface area contributed by atoms with E-state index in [0.717, 1.165) is 75.4 Å². The van der Waals surface area contributed by atoms with Gasteiger partial charge in [0, 0.05) is 52.3 Å². The van der Waals surface area contributed by atoms with Crippen molar-refractivity contribution in [2.24, 2.45) is 0 Å². The summed E-state index contributed by atoms with van der Waals surface area (Å²) in [5.74, 6) is 2.95. The van der Waals surface area contributed by atoms with Crippen molar-refractivity contribution in [2.75, 3.05) is 62.8 Å². The molecule has 0 aliphatic carbocycles. The van der Waals surface area contributed by atoms with Crippen LogP contribution in [0, 0.1) is 0 Å². The van der Waals surface area contributed by atoms with Crippen molar-refractivity contribution in [2.45, 2.75) is 38.7 Å². The van der Waals surface area contributed by atoms with Crippen LogP contribution in [0.2, 0.25) is 0 Å². The number of carbonyl (C=O) groups excluding carboxylic acids is 1. The zero-order valence-electron chi connectivity index (χ0n) is 19.9. The topological polar surface area (TPSA) is 71.0 Å². The number of carbonyl (C=O) groups is 1. The van der Waals surface area contributed by atoms with E-state index >= 15 is 0 Å². The van der Waals surface area contributed by atoms with Crippen LogP contribution < -0.4 is 14.5 Å². The van der Waals surface area contributed by atoms with Crippen LogP contribution in [0.15, 0.2) is 36.5 Å². The Bertz CT molecular complexity index is 917. The van der Waals surface area contributed by atoms with E-state index in [1.807, 2.05) is 38.4 Å². The van der Waals surface area contributed by atoms with Gasteiger partial charge in [-0.2, -0.15) is 4.98 Å². The minimum absolute atomic E-state index is 0.120. The lowest BCUT2D eigenvalue weighted by molar-refractivity contribution is -0.130. The van der Waals surface area contributed by atoms with Crippen molar-refractivity contribution in [3.05, 3.63) is 42.1 Å². The Morgan fingerprint density at radius 1 is 1.18 bits per heavy atom. The number of nitrogens with zero attached hydrogens (tertiary/aromatic N) is 5. The molecule has 2 aromatic rings. The highest BCUT2D eigenvalue weighted by Gasteiger charge is 2.26. The summed E-state index contributed by atoms with van der Waals surface area (Å²) < 4.78 is 11.7. The van der Waals surface area contributed by atoms with E-state index in [-0.39, 0.29) is 17.9 Å². The summed E-state index contributed by atoms with van der Waals surface area (Å²) in [7, 11) is 1.85. The minimum atomic E-state index is 0.120. The van der Waals surface area contributed by atoms with Gasteiger partial charge in [0.1, 0.15) is 17.7 Å². The predicted molar refractivity (Wildman–Crippen MR) is 129 cm³/mol. The molecule has 2 aliphatic heterocycles. The number of hydrogen-bond donors (Lipinski definition) is 0. The first-order chi connectivity index (χ1) is 16.0. The Labute approximate surface area is 196 Å². The second-order valence-electron chi connectivity index (χ2n) is 8.87. The van der Waals surface area contributed by atoms with Crippen molar-refractivity contribution >= 4 is 17.7 Å². The quantitative estimate of drug-likeness (QED) is 0.609. The van der Waals surface area contributed by atoms with Crippen LogP contribution in [0.4, 0.5) is 11.8 Å². The van der Waals surface area contributed by atoms with E-state index in [1.54, 1.807) is 4.90 Å². The average molecular weight is 454 g/mol. The Hall–Kier alpha value is -2.87. The third kappa shape index (κ3) is 5.93. The molecule has 1 amide bonds. The van der Waals surface area contributed by atoms with Crippen molar-refractivity contribution < 1.29 is 14.3 Å². The van der Waals surface area contributed by atoms with Gasteiger partial charge in [0.2, 0.25) is 11.9 Å². The molecule has 8 nitrogen and oxygen atoms in total. The van der Waals surface area contributed by atoms with Crippen LogP contribution >= 0.6 is 0 Å². The SMILES string of the molecule is CCN(C)C(=O)C[C@@H](C)c1ccc(OC2CCN(c3ccnc(N4CCOCC4)n3)C2)cc1. The van der Waals surface area contributed by atoms with Gasteiger partial charge in [0.05, 0.1) is 19.8 Å². The van der Waals surface area contributed by atoms with Gasteiger partial charge < -0.3 is 24.2 Å². The lowest BCUT2D eigenvalue weighted by Crippen LogP contribution is -2.37. The average Bonchev–Trinajstić information content (AvgIpc) is 3.33. The molecule has 0 saturated carbocycles. The molecule has 0 N–H and O–H groups in total. The van der Waals surface area contributed by atoms with Crippen molar-refractivity contribution in [1.29, 1.82) is 0 Å². The second kappa shape index (κ2) is 10.8. The minimum Gasteiger partial charge on any atom is -0.489 e. The first kappa shape index (κ1) is 23.3. The molecule has 33 heavy (non-hydrogen) atoms. The molecule has 0 bridgehead atoms. The van der Waals surface area contributed by atoms with Crippen LogP contribution in [0.3, 0.4) is 0 Å². The maximum absolute atomic E-state index is 12.2. The van der Waals surface area contributed by atoms with Gasteiger partial charge in [-0.1, -0.05) is 19.1 Å². The molecule has 3 heterocycles. The number of hydrogen-bond acceptors (Lipinski definition) is 7. The number of morpholine rings is 1. The Kier molecular flexibility index (Phi) is 7.65.